The Hall–Kier alpha value is -4.38. The number of pyridine rings is 1. The lowest BCUT2D eigenvalue weighted by atomic mass is 9.87. The highest BCUT2D eigenvalue weighted by Gasteiger charge is 2.31. The highest BCUT2D eigenvalue weighted by molar-refractivity contribution is 5.86. The molecule has 188 valence electrons. The van der Waals surface area contributed by atoms with Crippen LogP contribution in [0.4, 0.5) is 0 Å². The molecule has 4 rings (SSSR count). The van der Waals surface area contributed by atoms with Crippen LogP contribution in [0.3, 0.4) is 0 Å². The van der Waals surface area contributed by atoms with Crippen LogP contribution in [-0.2, 0) is 16.8 Å². The zero-order chi connectivity index (χ0) is 26.3. The molecule has 0 unspecified atom stereocenters. The number of allylic oxidation sites excluding steroid dienone is 1. The van der Waals surface area contributed by atoms with Crippen molar-refractivity contribution in [3.63, 3.8) is 0 Å². The minimum Gasteiger partial charge on any atom is -0.491 e. The Bertz CT molecular complexity index is 1340. The van der Waals surface area contributed by atoms with Crippen molar-refractivity contribution >= 4 is 12.1 Å². The van der Waals surface area contributed by atoms with Crippen molar-refractivity contribution in [1.29, 1.82) is 5.26 Å². The summed E-state index contributed by atoms with van der Waals surface area (Å²) in [5.74, 6) is 2.14. The van der Waals surface area contributed by atoms with Gasteiger partial charge in [0.15, 0.2) is 5.75 Å². The number of hydrogen-bond acceptors (Lipinski definition) is 8. The molecule has 8 nitrogen and oxygen atoms in total. The summed E-state index contributed by atoms with van der Waals surface area (Å²) >= 11 is 0. The van der Waals surface area contributed by atoms with E-state index in [0.29, 0.717) is 49.7 Å². The minimum atomic E-state index is -0.513. The fourth-order valence-corrected chi connectivity index (χ4v) is 4.21. The number of nitrogens with zero attached hydrogens (tertiary/aromatic N) is 6. The van der Waals surface area contributed by atoms with Gasteiger partial charge in [-0.15, -0.1) is 0 Å². The van der Waals surface area contributed by atoms with E-state index >= 15 is 0 Å². The third-order valence-electron chi connectivity index (χ3n) is 6.27. The van der Waals surface area contributed by atoms with Crippen LogP contribution >= 0.6 is 0 Å². The van der Waals surface area contributed by atoms with Gasteiger partial charge in [-0.3, -0.25) is 4.98 Å². The average molecular weight is 495 g/mol. The van der Waals surface area contributed by atoms with E-state index in [2.05, 4.69) is 32.0 Å². The van der Waals surface area contributed by atoms with Crippen LogP contribution in [0.5, 0.6) is 5.75 Å². The van der Waals surface area contributed by atoms with Crippen LogP contribution in [0.15, 0.2) is 71.8 Å². The van der Waals surface area contributed by atoms with Crippen LogP contribution in [0.25, 0.3) is 11.3 Å². The summed E-state index contributed by atoms with van der Waals surface area (Å²) in [7, 11) is 0. The maximum atomic E-state index is 11.2. The summed E-state index contributed by atoms with van der Waals surface area (Å²) in [5, 5.41) is 9.39. The second-order valence-electron chi connectivity index (χ2n) is 9.21. The number of carbonyl (C=O) groups is 1. The summed E-state index contributed by atoms with van der Waals surface area (Å²) in [6, 6.07) is 13.6. The molecule has 0 saturated heterocycles. The minimum absolute atomic E-state index is 0.394. The van der Waals surface area contributed by atoms with Gasteiger partial charge in [0.25, 0.3) is 0 Å². The zero-order valence-corrected chi connectivity index (χ0v) is 21.4. The topological polar surface area (TPSA) is 104 Å². The summed E-state index contributed by atoms with van der Waals surface area (Å²) < 4.78 is 5.47. The van der Waals surface area contributed by atoms with E-state index in [0.717, 1.165) is 34.6 Å². The van der Waals surface area contributed by atoms with E-state index in [1.54, 1.807) is 18.5 Å². The Kier molecular flexibility index (Phi) is 8.04. The van der Waals surface area contributed by atoms with Gasteiger partial charge in [-0.05, 0) is 44.5 Å². The van der Waals surface area contributed by atoms with E-state index < -0.39 is 5.41 Å². The van der Waals surface area contributed by atoms with Gasteiger partial charge in [-0.25, -0.2) is 15.0 Å². The van der Waals surface area contributed by atoms with Crippen molar-refractivity contribution in [3.8, 4) is 23.1 Å². The van der Waals surface area contributed by atoms with E-state index in [1.165, 1.54) is 0 Å². The molecule has 37 heavy (non-hydrogen) atoms. The first kappa shape index (κ1) is 25.7. The predicted molar refractivity (Wildman–Crippen MR) is 142 cm³/mol. The standard InChI is InChI=1S/C29H30N6O2/c1-4-37-23-18-32-28(33-19-23)29(2,3)26-13-14-35(27(34-26)10-7-15-36)20-21-11-12-25(31-17-21)24-9-6-5-8-22(24)16-30/h5-6,8-9,11-13,15,17-19H,4,7,10,14,20H2,1-3H3. The van der Waals surface area contributed by atoms with E-state index in [9.17, 15) is 10.1 Å². The number of aromatic nitrogens is 3. The maximum absolute atomic E-state index is 11.2. The Morgan fingerprint density at radius 3 is 2.57 bits per heavy atom. The van der Waals surface area contributed by atoms with Crippen LogP contribution in [0.2, 0.25) is 0 Å². The number of aldehydes is 1. The Labute approximate surface area is 217 Å². The van der Waals surface area contributed by atoms with Crippen LogP contribution < -0.4 is 4.74 Å². The quantitative estimate of drug-likeness (QED) is 0.371. The lowest BCUT2D eigenvalue weighted by Gasteiger charge is -2.33. The van der Waals surface area contributed by atoms with Gasteiger partial charge in [-0.2, -0.15) is 5.26 Å². The smallest absolute Gasteiger partial charge is 0.155 e. The molecule has 1 aliphatic rings. The number of amidine groups is 1. The zero-order valence-electron chi connectivity index (χ0n) is 21.4. The molecule has 1 aliphatic heterocycles. The second kappa shape index (κ2) is 11.6. The number of carbonyl (C=O) groups excluding carboxylic acids is 1. The van der Waals surface area contributed by atoms with Gasteiger partial charge in [0.05, 0.1) is 47.4 Å². The molecule has 1 aromatic carbocycles. The Morgan fingerprint density at radius 2 is 1.89 bits per heavy atom. The van der Waals surface area contributed by atoms with Gasteiger partial charge in [0.1, 0.15) is 17.9 Å². The highest BCUT2D eigenvalue weighted by atomic mass is 16.5. The maximum Gasteiger partial charge on any atom is 0.155 e. The van der Waals surface area contributed by atoms with Crippen molar-refractivity contribution in [3.05, 3.63) is 83.7 Å². The lowest BCUT2D eigenvalue weighted by molar-refractivity contribution is -0.107. The molecule has 0 saturated carbocycles. The van der Waals surface area contributed by atoms with Crippen molar-refractivity contribution in [1.82, 2.24) is 19.9 Å². The summed E-state index contributed by atoms with van der Waals surface area (Å²) in [6.45, 7) is 7.83. The van der Waals surface area contributed by atoms with Crippen molar-refractivity contribution < 1.29 is 9.53 Å². The molecule has 2 aromatic heterocycles. The summed E-state index contributed by atoms with van der Waals surface area (Å²) in [6.07, 6.45) is 9.15. The average Bonchev–Trinajstić information content (AvgIpc) is 2.93. The molecule has 0 N–H and O–H groups in total. The third kappa shape index (κ3) is 5.89. The van der Waals surface area contributed by atoms with Crippen LogP contribution in [0.1, 0.15) is 50.6 Å². The first-order chi connectivity index (χ1) is 18.0. The Morgan fingerprint density at radius 1 is 1.11 bits per heavy atom. The summed E-state index contributed by atoms with van der Waals surface area (Å²) in [4.78, 5) is 31.9. The number of ether oxygens (including phenoxy) is 1. The van der Waals surface area contributed by atoms with Crippen molar-refractivity contribution in [2.45, 2.75) is 45.6 Å². The monoisotopic (exact) mass is 494 g/mol. The van der Waals surface area contributed by atoms with Gasteiger partial charge in [-0.1, -0.05) is 24.3 Å². The first-order valence-electron chi connectivity index (χ1n) is 12.3. The lowest BCUT2D eigenvalue weighted by Crippen LogP contribution is -2.36. The number of aliphatic imine (C=N–C) groups is 1. The summed E-state index contributed by atoms with van der Waals surface area (Å²) in [5.41, 5.74) is 3.54. The van der Waals surface area contributed by atoms with Crippen LogP contribution in [-0.4, -0.2) is 45.1 Å². The molecule has 3 aromatic rings. The largest absolute Gasteiger partial charge is 0.491 e. The molecule has 0 aliphatic carbocycles. The van der Waals surface area contributed by atoms with Crippen LogP contribution in [0, 0.1) is 11.3 Å². The molecule has 8 heteroatoms. The normalized spacial score (nSPS) is 13.4. The third-order valence-corrected chi connectivity index (χ3v) is 6.27. The number of rotatable bonds is 10. The SMILES string of the molecule is CCOc1cnc(C(C)(C)C2=CCN(Cc3ccc(-c4ccccc4C#N)nc3)C(CCC=O)=N2)nc1. The number of hydrogen-bond donors (Lipinski definition) is 0. The van der Waals surface area contributed by atoms with Gasteiger partial charge < -0.3 is 14.4 Å². The molecule has 0 radical (unpaired) electrons. The fourth-order valence-electron chi connectivity index (χ4n) is 4.21. The molecule has 0 bridgehead atoms. The van der Waals surface area contributed by atoms with Crippen molar-refractivity contribution in [2.75, 3.05) is 13.2 Å². The van der Waals surface area contributed by atoms with Gasteiger partial charge >= 0.3 is 0 Å². The molecule has 0 fully saturated rings. The highest BCUT2D eigenvalue weighted by Crippen LogP contribution is 2.33. The van der Waals surface area contributed by atoms with Gasteiger partial charge in [0.2, 0.25) is 0 Å². The molecule has 0 amide bonds. The molecular formula is C29H30N6O2. The van der Waals surface area contributed by atoms with E-state index in [1.807, 2.05) is 57.3 Å². The number of nitriles is 1. The Balaban J connectivity index is 1.53. The molecule has 0 atom stereocenters. The molecule has 3 heterocycles. The first-order valence-corrected chi connectivity index (χ1v) is 12.3. The fraction of sp³-hybridized carbons (Fsp3) is 0.310. The van der Waals surface area contributed by atoms with E-state index in [4.69, 9.17) is 9.73 Å². The molecule has 0 spiro atoms. The van der Waals surface area contributed by atoms with Crippen molar-refractivity contribution in [2.24, 2.45) is 4.99 Å². The van der Waals surface area contributed by atoms with Gasteiger partial charge in [0, 0.05) is 37.7 Å². The number of benzene rings is 1. The molecular weight excluding hydrogens is 464 g/mol. The predicted octanol–water partition coefficient (Wildman–Crippen LogP) is 4.86. The van der Waals surface area contributed by atoms with E-state index in [-0.39, 0.29) is 0 Å². The second-order valence-corrected chi connectivity index (χ2v) is 9.21.